The van der Waals surface area contributed by atoms with E-state index in [2.05, 4.69) is 10.4 Å². The number of hydrazone groups is 1. The molecule has 1 saturated heterocycles. The number of hydrogen-bond donors (Lipinski definition) is 1. The van der Waals surface area contributed by atoms with Gasteiger partial charge in [-0.05, 0) is 35.7 Å². The monoisotopic (exact) mass is 430 g/mol. The van der Waals surface area contributed by atoms with Crippen molar-refractivity contribution in [2.24, 2.45) is 5.10 Å². The van der Waals surface area contributed by atoms with Gasteiger partial charge < -0.3 is 5.32 Å². The lowest BCUT2D eigenvalue weighted by Crippen LogP contribution is -2.46. The molecule has 4 heterocycles. The molecule has 2 aliphatic heterocycles. The highest BCUT2D eigenvalue weighted by atomic mass is 32.1. The van der Waals surface area contributed by atoms with Crippen molar-refractivity contribution in [2.45, 2.75) is 44.7 Å². The van der Waals surface area contributed by atoms with E-state index < -0.39 is 11.6 Å². The molecule has 1 fully saturated rings. The summed E-state index contributed by atoms with van der Waals surface area (Å²) in [6.45, 7) is 3.41. The van der Waals surface area contributed by atoms with Crippen molar-refractivity contribution in [1.29, 1.82) is 0 Å². The zero-order valence-corrected chi connectivity index (χ0v) is 17.9. The second-order valence-electron chi connectivity index (χ2n) is 7.11. The lowest BCUT2D eigenvalue weighted by molar-refractivity contribution is -0.140. The molecular formula is C20H22N4O3S2. The Labute approximate surface area is 177 Å². The van der Waals surface area contributed by atoms with Crippen LogP contribution in [0.2, 0.25) is 0 Å². The summed E-state index contributed by atoms with van der Waals surface area (Å²) in [6, 6.07) is 7.13. The molecule has 1 N–H and O–H groups in total. The highest BCUT2D eigenvalue weighted by Gasteiger charge is 2.50. The minimum absolute atomic E-state index is 0.220. The van der Waals surface area contributed by atoms with E-state index in [1.165, 1.54) is 5.01 Å². The minimum atomic E-state index is -0.916. The first-order chi connectivity index (χ1) is 14.0. The fraction of sp³-hybridized carbons (Fsp3) is 0.400. The summed E-state index contributed by atoms with van der Waals surface area (Å²) in [7, 11) is 0. The van der Waals surface area contributed by atoms with Crippen molar-refractivity contribution in [3.63, 3.8) is 0 Å². The normalized spacial score (nSPS) is 20.9. The number of nitrogens with one attached hydrogen (secondary N) is 1. The van der Waals surface area contributed by atoms with Crippen LogP contribution in [0.25, 0.3) is 0 Å². The second kappa shape index (κ2) is 7.72. The van der Waals surface area contributed by atoms with Crippen molar-refractivity contribution < 1.29 is 14.4 Å². The summed E-state index contributed by atoms with van der Waals surface area (Å²) in [5.41, 5.74) is -0.0681. The number of carbonyl (C=O) groups excluding carboxylic acids is 3. The molecule has 0 aromatic carbocycles. The lowest BCUT2D eigenvalue weighted by Gasteiger charge is -2.24. The molecule has 2 aromatic rings. The number of rotatable bonds is 6. The highest BCUT2D eigenvalue weighted by Crippen LogP contribution is 2.36. The largest absolute Gasteiger partial charge is 0.325 e. The lowest BCUT2D eigenvalue weighted by atomic mass is 9.93. The first-order valence-electron chi connectivity index (χ1n) is 9.60. The number of nitrogens with zero attached hydrogens (tertiary/aromatic N) is 3. The van der Waals surface area contributed by atoms with Gasteiger partial charge in [0.15, 0.2) is 0 Å². The second-order valence-corrected chi connectivity index (χ2v) is 9.04. The summed E-state index contributed by atoms with van der Waals surface area (Å²) in [4.78, 5) is 41.5. The maximum Gasteiger partial charge on any atom is 0.325 e. The first kappa shape index (κ1) is 19.8. The van der Waals surface area contributed by atoms with Crippen molar-refractivity contribution in [2.75, 3.05) is 6.54 Å². The van der Waals surface area contributed by atoms with E-state index >= 15 is 0 Å². The zero-order chi connectivity index (χ0) is 20.6. The van der Waals surface area contributed by atoms with Crippen LogP contribution in [0.3, 0.4) is 0 Å². The van der Waals surface area contributed by atoms with Gasteiger partial charge in [-0.25, -0.2) is 9.80 Å². The van der Waals surface area contributed by atoms with Gasteiger partial charge in [-0.2, -0.15) is 5.10 Å². The highest BCUT2D eigenvalue weighted by molar-refractivity contribution is 7.12. The molecule has 29 heavy (non-hydrogen) atoms. The van der Waals surface area contributed by atoms with Gasteiger partial charge in [-0.3, -0.25) is 14.5 Å². The Hall–Kier alpha value is -2.52. The first-order valence-corrected chi connectivity index (χ1v) is 11.4. The molecule has 0 bridgehead atoms. The molecule has 2 aromatic heterocycles. The number of urea groups is 1. The molecular weight excluding hydrogens is 408 g/mol. The molecule has 0 aliphatic carbocycles. The predicted molar refractivity (Wildman–Crippen MR) is 113 cm³/mol. The molecule has 1 unspecified atom stereocenters. The van der Waals surface area contributed by atoms with Crippen molar-refractivity contribution in [1.82, 2.24) is 15.2 Å². The summed E-state index contributed by atoms with van der Waals surface area (Å²) in [5, 5.41) is 12.7. The van der Waals surface area contributed by atoms with Crippen LogP contribution in [0.15, 0.2) is 40.1 Å². The Morgan fingerprint density at radius 3 is 2.52 bits per heavy atom. The van der Waals surface area contributed by atoms with Gasteiger partial charge in [-0.15, -0.1) is 22.7 Å². The predicted octanol–water partition coefficient (Wildman–Crippen LogP) is 3.60. The van der Waals surface area contributed by atoms with Crippen LogP contribution in [0.4, 0.5) is 4.79 Å². The van der Waals surface area contributed by atoms with Crippen LogP contribution in [-0.4, -0.2) is 45.5 Å². The van der Waals surface area contributed by atoms with Gasteiger partial charge in [0.1, 0.15) is 12.1 Å². The number of thiophene rings is 2. The molecule has 1 atom stereocenters. The third kappa shape index (κ3) is 3.38. The Balaban J connectivity index is 1.59. The third-order valence-electron chi connectivity index (χ3n) is 5.59. The number of imide groups is 1. The summed E-state index contributed by atoms with van der Waals surface area (Å²) < 4.78 is 0. The molecule has 4 amide bonds. The number of carbonyl (C=O) groups is 3. The molecule has 4 rings (SSSR count). The summed E-state index contributed by atoms with van der Waals surface area (Å²) >= 11 is 3.15. The molecule has 0 spiro atoms. The molecule has 0 saturated carbocycles. The van der Waals surface area contributed by atoms with E-state index in [-0.39, 0.29) is 24.4 Å². The number of amides is 4. The molecule has 0 radical (unpaired) electrons. The van der Waals surface area contributed by atoms with E-state index in [0.29, 0.717) is 19.3 Å². The van der Waals surface area contributed by atoms with Crippen LogP contribution < -0.4 is 5.32 Å². The van der Waals surface area contributed by atoms with Gasteiger partial charge in [0, 0.05) is 11.3 Å². The Morgan fingerprint density at radius 1 is 1.21 bits per heavy atom. The van der Waals surface area contributed by atoms with Gasteiger partial charge in [0.25, 0.3) is 11.8 Å². The average molecular weight is 431 g/mol. The van der Waals surface area contributed by atoms with E-state index in [0.717, 1.165) is 20.4 Å². The van der Waals surface area contributed by atoms with Crippen LogP contribution in [-0.2, 0) is 9.59 Å². The van der Waals surface area contributed by atoms with Crippen molar-refractivity contribution >= 4 is 46.2 Å². The average Bonchev–Trinajstić information content (AvgIpc) is 3.50. The fourth-order valence-corrected chi connectivity index (χ4v) is 5.32. The number of hydrogen-bond acceptors (Lipinski definition) is 6. The van der Waals surface area contributed by atoms with Crippen molar-refractivity contribution in [3.05, 3.63) is 44.8 Å². The van der Waals surface area contributed by atoms with Gasteiger partial charge in [-0.1, -0.05) is 26.0 Å². The maximum atomic E-state index is 13.2. The quantitative estimate of drug-likeness (QED) is 0.711. The topological polar surface area (TPSA) is 82.1 Å². The minimum Gasteiger partial charge on any atom is -0.323 e. The Kier molecular flexibility index (Phi) is 5.26. The SMILES string of the molecule is CCC1(CC)NC(=O)N(CC(=O)N2N=C(c3cccs3)CC2c2cccs2)C1=O. The standard InChI is InChI=1S/C20H22N4O3S2/c1-3-20(4-2)18(26)23(19(27)21-20)12-17(25)24-14(16-8-6-10-29-16)11-13(22-24)15-7-5-9-28-15/h5-10,14H,3-4,11-12H2,1-2H3,(H,21,27). The van der Waals surface area contributed by atoms with Gasteiger partial charge in [0.05, 0.1) is 16.6 Å². The van der Waals surface area contributed by atoms with E-state index in [4.69, 9.17) is 0 Å². The fourth-order valence-electron chi connectivity index (χ4n) is 3.79. The Bertz CT molecular complexity index is 949. The Morgan fingerprint density at radius 2 is 1.93 bits per heavy atom. The van der Waals surface area contributed by atoms with E-state index in [1.807, 2.05) is 48.9 Å². The molecule has 2 aliphatic rings. The van der Waals surface area contributed by atoms with Gasteiger partial charge >= 0.3 is 6.03 Å². The molecule has 9 heteroatoms. The molecule has 7 nitrogen and oxygen atoms in total. The van der Waals surface area contributed by atoms with E-state index in [1.54, 1.807) is 22.7 Å². The van der Waals surface area contributed by atoms with Gasteiger partial charge in [0.2, 0.25) is 0 Å². The summed E-state index contributed by atoms with van der Waals surface area (Å²) in [5.74, 6) is -0.698. The summed E-state index contributed by atoms with van der Waals surface area (Å²) in [6.07, 6.45) is 1.59. The zero-order valence-electron chi connectivity index (χ0n) is 16.3. The van der Waals surface area contributed by atoms with Crippen LogP contribution in [0.1, 0.15) is 48.9 Å². The van der Waals surface area contributed by atoms with Crippen molar-refractivity contribution in [3.8, 4) is 0 Å². The van der Waals surface area contributed by atoms with E-state index in [9.17, 15) is 14.4 Å². The van der Waals surface area contributed by atoms with Crippen LogP contribution >= 0.6 is 22.7 Å². The third-order valence-corrected chi connectivity index (χ3v) is 7.48. The van der Waals surface area contributed by atoms with Crippen LogP contribution in [0.5, 0.6) is 0 Å². The maximum absolute atomic E-state index is 13.2. The smallest absolute Gasteiger partial charge is 0.323 e. The van der Waals surface area contributed by atoms with Crippen LogP contribution in [0, 0.1) is 0 Å². The molecule has 152 valence electrons.